The van der Waals surface area contributed by atoms with Crippen molar-refractivity contribution in [1.82, 2.24) is 0 Å². The number of hydrogen-bond acceptors (Lipinski definition) is 5. The second kappa shape index (κ2) is 17.8. The topological polar surface area (TPSA) is 28.2 Å². The quantitative estimate of drug-likeness (QED) is 0.148. The van der Waals surface area contributed by atoms with E-state index in [9.17, 15) is 0 Å². The monoisotopic (exact) mass is 1100 g/mol. The first kappa shape index (κ1) is 46.5. The molecule has 17 rings (SSSR count). The Hall–Kier alpha value is -9.45. The molecule has 0 spiro atoms. The maximum atomic E-state index is 6.62. The number of rotatable bonds is 7. The summed E-state index contributed by atoms with van der Waals surface area (Å²) in [6.07, 6.45) is 0. The Labute approximate surface area is 478 Å². The van der Waals surface area contributed by atoms with Crippen molar-refractivity contribution >= 4 is 132 Å². The Morgan fingerprint density at radius 2 is 0.889 bits per heavy atom. The normalized spacial score (nSPS) is 14.2. The van der Waals surface area contributed by atoms with E-state index >= 15 is 0 Å². The molecule has 380 valence electrons. The van der Waals surface area contributed by atoms with Crippen LogP contribution in [-0.4, -0.2) is 28.4 Å². The van der Waals surface area contributed by atoms with Gasteiger partial charge in [-0.3, -0.25) is 0 Å². The molecule has 12 aromatic rings. The Morgan fingerprint density at radius 3 is 1.56 bits per heavy atom. The van der Waals surface area contributed by atoms with Gasteiger partial charge in [0, 0.05) is 0 Å². The first-order valence-corrected chi connectivity index (χ1v) is 29.7. The van der Waals surface area contributed by atoms with Gasteiger partial charge in [0.05, 0.1) is 0 Å². The zero-order valence-corrected chi connectivity index (χ0v) is 46.3. The van der Waals surface area contributed by atoms with Gasteiger partial charge >= 0.3 is 399 Å². The van der Waals surface area contributed by atoms with Crippen molar-refractivity contribution in [2.45, 2.75) is 19.3 Å². The first-order chi connectivity index (χ1) is 39.9. The number of fused-ring (bicyclic) bond motifs is 14. The van der Waals surface area contributed by atoms with Crippen LogP contribution in [0.4, 0.5) is 51.2 Å². The van der Waals surface area contributed by atoms with E-state index in [1.807, 2.05) is 60.7 Å². The number of nitrogens with zero attached hydrogens (tertiary/aromatic N) is 3. The summed E-state index contributed by atoms with van der Waals surface area (Å²) < 4.78 is 16.0. The fourth-order valence-electron chi connectivity index (χ4n) is 14.2. The van der Waals surface area contributed by atoms with Gasteiger partial charge in [-0.25, -0.2) is 0 Å². The summed E-state index contributed by atoms with van der Waals surface area (Å²) in [5.74, 6) is 3.30. The number of anilines is 9. The third-order valence-corrected chi connectivity index (χ3v) is 19.9. The Morgan fingerprint density at radius 1 is 0.358 bits per heavy atom. The van der Waals surface area contributed by atoms with Crippen LogP contribution in [-0.2, 0) is 5.41 Å². The Balaban J connectivity index is 0.968. The van der Waals surface area contributed by atoms with Crippen molar-refractivity contribution in [3.05, 3.63) is 272 Å². The van der Waals surface area contributed by atoms with Crippen LogP contribution in [0.2, 0.25) is 0 Å². The van der Waals surface area contributed by atoms with Crippen molar-refractivity contribution in [1.29, 1.82) is 0 Å². The van der Waals surface area contributed by atoms with Crippen LogP contribution in [0.25, 0.3) is 21.9 Å². The molecule has 81 heavy (non-hydrogen) atoms. The molecule has 1 aliphatic carbocycles. The van der Waals surface area contributed by atoms with Crippen LogP contribution in [0.15, 0.2) is 261 Å². The predicted octanol–water partition coefficient (Wildman–Crippen LogP) is 13.1. The van der Waals surface area contributed by atoms with Crippen molar-refractivity contribution in [2.75, 3.05) is 14.7 Å². The van der Waals surface area contributed by atoms with E-state index in [-0.39, 0.29) is 28.4 Å². The molecule has 4 aliphatic heterocycles. The molecular weight excluding hydrogens is 1050 g/mol. The molecule has 0 bridgehead atoms. The number of benzene rings is 12. The predicted molar refractivity (Wildman–Crippen MR) is 339 cm³/mol. The zero-order valence-electron chi connectivity index (χ0n) is 44.5. The summed E-state index contributed by atoms with van der Waals surface area (Å²) in [7, 11) is 0. The Kier molecular flexibility index (Phi) is 10.2. The number of para-hydroxylation sites is 6. The molecule has 0 fully saturated rings. The first-order valence-electron chi connectivity index (χ1n) is 28.0. The summed E-state index contributed by atoms with van der Waals surface area (Å²) in [6.45, 7) is 4.72. The van der Waals surface area contributed by atoms with E-state index < -0.39 is 5.41 Å². The van der Waals surface area contributed by atoms with Gasteiger partial charge in [-0.2, -0.15) is 0 Å². The van der Waals surface area contributed by atoms with Gasteiger partial charge in [-0.15, -0.1) is 0 Å². The van der Waals surface area contributed by atoms with Gasteiger partial charge in [0.2, 0.25) is 0 Å². The van der Waals surface area contributed by atoms with Gasteiger partial charge in [-0.05, 0) is 24.3 Å². The molecule has 8 heteroatoms. The van der Waals surface area contributed by atoms with E-state index in [0.717, 1.165) is 40.1 Å². The fraction of sp³-hybridized carbons (Fsp3) is 0.0411. The molecule has 0 saturated heterocycles. The molecule has 4 heterocycles. The Bertz CT molecular complexity index is 4560. The van der Waals surface area contributed by atoms with Crippen molar-refractivity contribution < 1.29 is 9.47 Å². The van der Waals surface area contributed by atoms with Crippen LogP contribution in [0.1, 0.15) is 25.0 Å². The van der Waals surface area contributed by atoms with Crippen LogP contribution >= 0.6 is 0 Å². The third kappa shape index (κ3) is 6.94. The minimum atomic E-state index is -0.413. The van der Waals surface area contributed by atoms with E-state index in [2.05, 4.69) is 229 Å². The van der Waals surface area contributed by atoms with E-state index in [1.165, 1.54) is 109 Å². The third-order valence-electron chi connectivity index (χ3n) is 17.5. The van der Waals surface area contributed by atoms with Crippen molar-refractivity contribution in [3.8, 4) is 34.1 Å². The molecule has 0 aromatic heterocycles. The fourth-order valence-corrected chi connectivity index (χ4v) is 16.7. The summed E-state index contributed by atoms with van der Waals surface area (Å²) >= 11 is 0.0517. The molecule has 0 unspecified atom stereocenters. The standard InChI is InChI=1S/C73H49B2N3O2Se/c1-73(2)57-42-53(80-51-30-16-7-17-31-51)37-39-55(57)56-43-65-69-72(68(56)73)77(48-24-10-4-11-25-48)62-34-20-18-32-58(62)74(69)60-44-61-64(45-63(60)76(65)47-22-8-3-9-23-47)78(49-26-12-5-13-27-49)71-54-38-36-52(79-50-28-14-6-15-29-50)40-46(54)41-67-70(71)75(61)59-33-19-21-35-66(59)81-67/h3-45H,1-2H3. The van der Waals surface area contributed by atoms with Gasteiger partial charge in [-0.1, -0.05) is 42.5 Å². The van der Waals surface area contributed by atoms with Gasteiger partial charge < -0.3 is 4.74 Å². The van der Waals surface area contributed by atoms with Crippen LogP contribution in [0.3, 0.4) is 0 Å². The molecule has 0 N–H and O–H groups in total. The maximum absolute atomic E-state index is 6.62. The van der Waals surface area contributed by atoms with Crippen molar-refractivity contribution in [2.24, 2.45) is 0 Å². The van der Waals surface area contributed by atoms with Gasteiger partial charge in [0.1, 0.15) is 11.5 Å². The van der Waals surface area contributed by atoms with Gasteiger partial charge in [0.25, 0.3) is 0 Å². The SMILES string of the molecule is CC1(C)c2cc(Oc3ccccc3)ccc2-c2cc3c4c(c21)N(c1ccccc1)c1ccccc1B4c1cc2c(cc1N3c1ccccc1)N(c1ccccc1)c1c3c(cc4cc(Oc5ccccc5)ccc14)[Se]c1ccccc1B23. The average molecular weight is 1100 g/mol. The summed E-state index contributed by atoms with van der Waals surface area (Å²) in [5, 5.41) is 2.37. The molecule has 0 radical (unpaired) electrons. The molecular formula is C73H49B2N3O2Se. The molecule has 0 amide bonds. The summed E-state index contributed by atoms with van der Waals surface area (Å²) in [6, 6.07) is 95.7. The van der Waals surface area contributed by atoms with Crippen LogP contribution < -0.4 is 65.9 Å². The molecule has 12 aromatic carbocycles. The summed E-state index contributed by atoms with van der Waals surface area (Å²) in [4.78, 5) is 7.78. The number of ether oxygens (including phenoxy) is 2. The minimum absolute atomic E-state index is 0.0156. The van der Waals surface area contributed by atoms with E-state index in [1.54, 1.807) is 0 Å². The molecule has 0 atom stereocenters. The average Bonchev–Trinajstić information content (AvgIpc) is 3.46. The molecule has 0 saturated carbocycles. The van der Waals surface area contributed by atoms with Gasteiger partial charge in [0.15, 0.2) is 0 Å². The van der Waals surface area contributed by atoms with Crippen molar-refractivity contribution in [3.63, 3.8) is 0 Å². The molecule has 5 nitrogen and oxygen atoms in total. The van der Waals surface area contributed by atoms with E-state index in [4.69, 9.17) is 9.47 Å². The van der Waals surface area contributed by atoms with Crippen LogP contribution in [0.5, 0.6) is 23.0 Å². The number of hydrogen-bond donors (Lipinski definition) is 0. The second-order valence-corrected chi connectivity index (χ2v) is 24.6. The molecule has 5 aliphatic rings. The second-order valence-electron chi connectivity index (χ2n) is 22.3. The zero-order chi connectivity index (χ0) is 53.5. The van der Waals surface area contributed by atoms with Crippen LogP contribution in [0, 0.1) is 0 Å². The van der Waals surface area contributed by atoms with E-state index in [0.29, 0.717) is 0 Å². The summed E-state index contributed by atoms with van der Waals surface area (Å²) in [5.41, 5.74) is 23.3.